The standard InChI is InChI=1S/C46H77O13P/c1-3-5-7-9-11-13-15-17-18-19-20-21-22-23-25-27-29-31-33-35-40(48)58-38(36-56-39(47)34-32-30-28-26-24-16-14-12-10-8-6-4-2)37-57-60(54,55)59-46-44(52)42(50)41(49)43(51)45(46)53/h11-14,17-18,20-21,23,25,29,31,38,41-46,49-53H,3-10,15-16,19,22,24,26-28,30,32-37H2,1-2H3,(H,54,55)/b13-11+,14-12+,18-17+,21-20+,25-23+,31-29+/t38-,41?,42+,43?,44?,45?,46?/m1/s1. The van der Waals surface area contributed by atoms with Crippen LogP contribution in [0, 0.1) is 0 Å². The van der Waals surface area contributed by atoms with Gasteiger partial charge in [0.05, 0.1) is 6.61 Å². The lowest BCUT2D eigenvalue weighted by Crippen LogP contribution is -2.64. The van der Waals surface area contributed by atoms with Crippen molar-refractivity contribution in [2.75, 3.05) is 13.2 Å². The minimum Gasteiger partial charge on any atom is -0.462 e. The van der Waals surface area contributed by atoms with Crippen molar-refractivity contribution in [3.63, 3.8) is 0 Å². The molecule has 13 nitrogen and oxygen atoms in total. The van der Waals surface area contributed by atoms with Gasteiger partial charge in [0.1, 0.15) is 43.2 Å². The molecule has 0 radical (unpaired) electrons. The Hall–Kier alpha value is -2.71. The van der Waals surface area contributed by atoms with Crippen molar-refractivity contribution >= 4 is 19.8 Å². The van der Waals surface area contributed by atoms with Crippen LogP contribution in [0.4, 0.5) is 0 Å². The molecule has 0 aliphatic heterocycles. The van der Waals surface area contributed by atoms with Gasteiger partial charge in [0.25, 0.3) is 0 Å². The maximum atomic E-state index is 12.8. The van der Waals surface area contributed by atoms with E-state index in [0.29, 0.717) is 19.3 Å². The van der Waals surface area contributed by atoms with Gasteiger partial charge in [0, 0.05) is 12.8 Å². The summed E-state index contributed by atoms with van der Waals surface area (Å²) in [6.07, 6.45) is 31.2. The molecule has 0 bridgehead atoms. The number of phosphoric ester groups is 1. The molecule has 6 unspecified atom stereocenters. The summed E-state index contributed by atoms with van der Waals surface area (Å²) in [6.45, 7) is 3.15. The highest BCUT2D eigenvalue weighted by molar-refractivity contribution is 7.47. The molecule has 8 atom stereocenters. The van der Waals surface area contributed by atoms with Crippen molar-refractivity contribution in [3.05, 3.63) is 72.9 Å². The maximum absolute atomic E-state index is 12.8. The summed E-state index contributed by atoms with van der Waals surface area (Å²) < 4.78 is 33.4. The van der Waals surface area contributed by atoms with Crippen LogP contribution in [0.3, 0.4) is 0 Å². The third kappa shape index (κ3) is 28.0. The van der Waals surface area contributed by atoms with Gasteiger partial charge in [0.2, 0.25) is 0 Å². The van der Waals surface area contributed by atoms with Gasteiger partial charge in [0.15, 0.2) is 6.10 Å². The van der Waals surface area contributed by atoms with E-state index in [0.717, 1.165) is 64.2 Å². The second kappa shape index (κ2) is 35.8. The Morgan fingerprint density at radius 3 is 1.45 bits per heavy atom. The van der Waals surface area contributed by atoms with E-state index in [2.05, 4.69) is 68.5 Å². The summed E-state index contributed by atoms with van der Waals surface area (Å²) in [5.74, 6) is -1.21. The molecule has 344 valence electrons. The highest BCUT2D eigenvalue weighted by Crippen LogP contribution is 2.47. The van der Waals surface area contributed by atoms with Crippen LogP contribution in [0.2, 0.25) is 0 Å². The van der Waals surface area contributed by atoms with Crippen molar-refractivity contribution in [3.8, 4) is 0 Å². The summed E-state index contributed by atoms with van der Waals surface area (Å²) in [5.41, 5.74) is 0. The van der Waals surface area contributed by atoms with E-state index in [9.17, 15) is 44.6 Å². The molecule has 0 amide bonds. The van der Waals surface area contributed by atoms with Crippen molar-refractivity contribution < 1.29 is 63.1 Å². The summed E-state index contributed by atoms with van der Waals surface area (Å²) in [7, 11) is -5.14. The number of aliphatic hydroxyl groups is 5. The van der Waals surface area contributed by atoms with E-state index in [1.54, 1.807) is 0 Å². The van der Waals surface area contributed by atoms with Crippen molar-refractivity contribution in [2.24, 2.45) is 0 Å². The number of hydrogen-bond donors (Lipinski definition) is 6. The Balaban J connectivity index is 2.55. The SMILES string of the molecule is CCCCC/C=C/C/C=C/C/C=C/C/C=C/C/C=C/CCC(=O)O[C@H](COC(=O)CCCCCCC/C=C/CCCCC)COP(=O)(O)OC1C(O)C(O)C(O)[C@H](O)C1O. The lowest BCUT2D eigenvalue weighted by atomic mass is 9.85. The Kier molecular flexibility index (Phi) is 33.0. The molecule has 1 saturated carbocycles. The van der Waals surface area contributed by atoms with E-state index >= 15 is 0 Å². The zero-order valence-electron chi connectivity index (χ0n) is 36.2. The molecule has 60 heavy (non-hydrogen) atoms. The number of rotatable bonds is 35. The minimum atomic E-state index is -5.14. The fourth-order valence-corrected chi connectivity index (χ4v) is 7.12. The molecule has 0 saturated heterocycles. The number of esters is 2. The fraction of sp³-hybridized carbons (Fsp3) is 0.696. The number of phosphoric acid groups is 1. The van der Waals surface area contributed by atoms with Gasteiger partial charge in [-0.05, 0) is 77.0 Å². The second-order valence-electron chi connectivity index (χ2n) is 15.2. The van der Waals surface area contributed by atoms with E-state index < -0.39 is 75.7 Å². The van der Waals surface area contributed by atoms with Gasteiger partial charge in [-0.1, -0.05) is 132 Å². The van der Waals surface area contributed by atoms with E-state index in [1.807, 2.05) is 18.2 Å². The van der Waals surface area contributed by atoms with Crippen LogP contribution in [0.25, 0.3) is 0 Å². The molecule has 6 N–H and O–H groups in total. The quantitative estimate of drug-likeness (QED) is 0.0153. The monoisotopic (exact) mass is 869 g/mol. The normalized spacial score (nSPS) is 22.9. The molecule has 1 aliphatic carbocycles. The van der Waals surface area contributed by atoms with E-state index in [4.69, 9.17) is 18.5 Å². The first kappa shape index (κ1) is 55.3. The number of unbranched alkanes of at least 4 members (excludes halogenated alkanes) is 11. The van der Waals surface area contributed by atoms with Gasteiger partial charge in [-0.3, -0.25) is 18.6 Å². The van der Waals surface area contributed by atoms with Crippen LogP contribution in [0.15, 0.2) is 72.9 Å². The summed E-state index contributed by atoms with van der Waals surface area (Å²) >= 11 is 0. The third-order valence-electron chi connectivity index (χ3n) is 9.78. The topological polar surface area (TPSA) is 210 Å². The smallest absolute Gasteiger partial charge is 0.462 e. The molecule has 14 heteroatoms. The summed E-state index contributed by atoms with van der Waals surface area (Å²) in [6, 6.07) is 0. The first-order valence-corrected chi connectivity index (χ1v) is 23.7. The van der Waals surface area contributed by atoms with E-state index in [-0.39, 0.29) is 12.8 Å². The largest absolute Gasteiger partial charge is 0.472 e. The molecular weight excluding hydrogens is 791 g/mol. The van der Waals surface area contributed by atoms with Gasteiger partial charge >= 0.3 is 19.8 Å². The Bertz CT molecular complexity index is 1330. The van der Waals surface area contributed by atoms with Crippen LogP contribution in [-0.2, 0) is 32.7 Å². The number of hydrogen-bond acceptors (Lipinski definition) is 12. The molecule has 0 aromatic heterocycles. The molecule has 1 rings (SSSR count). The third-order valence-corrected chi connectivity index (χ3v) is 10.8. The van der Waals surface area contributed by atoms with Crippen LogP contribution in [0.1, 0.15) is 149 Å². The number of carbonyl (C=O) groups is 2. The van der Waals surface area contributed by atoms with Crippen molar-refractivity contribution in [1.82, 2.24) is 0 Å². The zero-order chi connectivity index (χ0) is 44.3. The maximum Gasteiger partial charge on any atom is 0.472 e. The Morgan fingerprint density at radius 1 is 0.517 bits per heavy atom. The molecule has 1 fully saturated rings. The second-order valence-corrected chi connectivity index (χ2v) is 16.6. The molecule has 0 spiro atoms. The predicted octanol–water partition coefficient (Wildman–Crippen LogP) is 8.33. The van der Waals surface area contributed by atoms with E-state index in [1.165, 1.54) is 38.5 Å². The van der Waals surface area contributed by atoms with Gasteiger partial charge in [-0.15, -0.1) is 0 Å². The van der Waals surface area contributed by atoms with Crippen LogP contribution in [0.5, 0.6) is 0 Å². The van der Waals surface area contributed by atoms with Crippen molar-refractivity contribution in [2.45, 2.75) is 191 Å². The number of allylic oxidation sites excluding steroid dienone is 12. The predicted molar refractivity (Wildman–Crippen MR) is 235 cm³/mol. The molecule has 1 aliphatic rings. The number of aliphatic hydroxyl groups excluding tert-OH is 5. The molecule has 0 aromatic rings. The Morgan fingerprint density at radius 2 is 0.933 bits per heavy atom. The molecule has 0 heterocycles. The Labute approximate surface area is 359 Å². The lowest BCUT2D eigenvalue weighted by Gasteiger charge is -2.41. The molecule has 0 aromatic carbocycles. The van der Waals surface area contributed by atoms with Gasteiger partial charge < -0.3 is 39.9 Å². The van der Waals surface area contributed by atoms with Gasteiger partial charge in [-0.25, -0.2) is 4.57 Å². The lowest BCUT2D eigenvalue weighted by molar-refractivity contribution is -0.220. The van der Waals surface area contributed by atoms with Crippen molar-refractivity contribution in [1.29, 1.82) is 0 Å². The highest BCUT2D eigenvalue weighted by atomic mass is 31.2. The first-order chi connectivity index (χ1) is 28.9. The van der Waals surface area contributed by atoms with Crippen LogP contribution >= 0.6 is 7.82 Å². The van der Waals surface area contributed by atoms with Crippen LogP contribution in [-0.4, -0.2) is 98.3 Å². The van der Waals surface area contributed by atoms with Gasteiger partial charge in [-0.2, -0.15) is 0 Å². The average molecular weight is 869 g/mol. The fourth-order valence-electron chi connectivity index (χ4n) is 6.14. The summed E-state index contributed by atoms with van der Waals surface area (Å²) in [4.78, 5) is 35.6. The molecular formula is C46H77O13P. The number of carbonyl (C=O) groups excluding carboxylic acids is 2. The zero-order valence-corrected chi connectivity index (χ0v) is 37.1. The highest BCUT2D eigenvalue weighted by Gasteiger charge is 2.51. The average Bonchev–Trinajstić information content (AvgIpc) is 3.23. The number of ether oxygens (including phenoxy) is 2. The first-order valence-electron chi connectivity index (χ1n) is 22.2. The summed E-state index contributed by atoms with van der Waals surface area (Å²) in [5, 5.41) is 50.1. The minimum absolute atomic E-state index is 0.0317. The van der Waals surface area contributed by atoms with Crippen LogP contribution < -0.4 is 0 Å².